The molecular formula is C18H15F2NO5S. The Labute approximate surface area is 154 Å². The Balaban J connectivity index is 2.01. The Morgan fingerprint density at radius 2 is 1.93 bits per heavy atom. The van der Waals surface area contributed by atoms with Crippen molar-refractivity contribution < 1.29 is 31.5 Å². The summed E-state index contributed by atoms with van der Waals surface area (Å²) in [5.41, 5.74) is 1.05. The molecule has 0 amide bonds. The van der Waals surface area contributed by atoms with Gasteiger partial charge >= 0.3 is 5.97 Å². The molecule has 27 heavy (non-hydrogen) atoms. The predicted molar refractivity (Wildman–Crippen MR) is 94.9 cm³/mol. The number of benzene rings is 2. The smallest absolute Gasteiger partial charge is 0.334 e. The van der Waals surface area contributed by atoms with E-state index in [1.165, 1.54) is 12.1 Å². The molecule has 0 saturated carbocycles. The van der Waals surface area contributed by atoms with Crippen LogP contribution < -0.4 is 9.46 Å². The number of cyclic esters (lactones) is 1. The van der Waals surface area contributed by atoms with E-state index in [4.69, 9.17) is 9.47 Å². The number of hydrogen-bond donors (Lipinski definition) is 1. The molecule has 1 aliphatic rings. The normalized spacial score (nSPS) is 15.7. The molecule has 2 aromatic rings. The molecular weight excluding hydrogens is 380 g/mol. The molecule has 1 N–H and O–H groups in total. The Bertz CT molecular complexity index is 1030. The van der Waals surface area contributed by atoms with Gasteiger partial charge in [-0.05, 0) is 35.9 Å². The molecule has 3 rings (SSSR count). The summed E-state index contributed by atoms with van der Waals surface area (Å²) >= 11 is 0. The quantitative estimate of drug-likeness (QED) is 0.619. The summed E-state index contributed by atoms with van der Waals surface area (Å²) in [4.78, 5) is 11.6. The van der Waals surface area contributed by atoms with E-state index in [2.05, 4.69) is 4.72 Å². The Hall–Kier alpha value is -2.94. The highest BCUT2D eigenvalue weighted by molar-refractivity contribution is 7.92. The molecule has 0 aliphatic carbocycles. The van der Waals surface area contributed by atoms with Gasteiger partial charge in [0.2, 0.25) is 10.0 Å². The molecule has 9 heteroatoms. The number of sulfonamides is 1. The van der Waals surface area contributed by atoms with E-state index < -0.39 is 27.6 Å². The fraction of sp³-hybridized carbons (Fsp3) is 0.167. The molecule has 1 heterocycles. The topological polar surface area (TPSA) is 81.7 Å². The number of carbonyl (C=O) groups is 1. The van der Waals surface area contributed by atoms with Crippen molar-refractivity contribution in [2.24, 2.45) is 0 Å². The highest BCUT2D eigenvalue weighted by Gasteiger charge is 2.19. The van der Waals surface area contributed by atoms with Gasteiger partial charge in [0.25, 0.3) is 0 Å². The zero-order valence-corrected chi connectivity index (χ0v) is 15.0. The minimum Gasteiger partial charge on any atom is -0.462 e. The van der Waals surface area contributed by atoms with Crippen molar-refractivity contribution in [3.8, 4) is 11.5 Å². The average molecular weight is 395 g/mol. The fourth-order valence-corrected chi connectivity index (χ4v) is 3.02. The molecule has 1 fully saturated rings. The maximum Gasteiger partial charge on any atom is 0.334 e. The number of carbonyl (C=O) groups excluding carboxylic acids is 1. The molecule has 0 radical (unpaired) electrons. The van der Waals surface area contributed by atoms with Crippen LogP contribution in [0.15, 0.2) is 42.0 Å². The first kappa shape index (κ1) is 18.8. The molecule has 1 saturated heterocycles. The SMILES string of the molecule is CS(=O)(=O)Nc1ccc(C=C2CCOC2=O)cc1Oc1ccc(F)cc1F. The third-order valence-electron chi connectivity index (χ3n) is 3.62. The van der Waals surface area contributed by atoms with Crippen LogP contribution in [-0.2, 0) is 19.6 Å². The first-order chi connectivity index (χ1) is 12.7. The summed E-state index contributed by atoms with van der Waals surface area (Å²) in [6, 6.07) is 7.19. The second-order valence-electron chi connectivity index (χ2n) is 5.86. The molecule has 0 spiro atoms. The largest absolute Gasteiger partial charge is 0.462 e. The number of halogens is 2. The van der Waals surface area contributed by atoms with Crippen molar-refractivity contribution in [3.05, 3.63) is 59.2 Å². The third-order valence-corrected chi connectivity index (χ3v) is 4.21. The van der Waals surface area contributed by atoms with Crippen molar-refractivity contribution >= 4 is 27.8 Å². The maximum atomic E-state index is 13.9. The van der Waals surface area contributed by atoms with Crippen LogP contribution in [0.1, 0.15) is 12.0 Å². The molecule has 6 nitrogen and oxygen atoms in total. The second kappa shape index (κ2) is 7.36. The van der Waals surface area contributed by atoms with E-state index in [-0.39, 0.29) is 17.2 Å². The van der Waals surface area contributed by atoms with E-state index in [1.54, 1.807) is 12.1 Å². The van der Waals surface area contributed by atoms with E-state index in [9.17, 15) is 22.0 Å². The van der Waals surface area contributed by atoms with Gasteiger partial charge in [0.1, 0.15) is 5.82 Å². The van der Waals surface area contributed by atoms with E-state index in [0.29, 0.717) is 30.2 Å². The minimum absolute atomic E-state index is 0.00773. The van der Waals surface area contributed by atoms with Crippen LogP contribution >= 0.6 is 0 Å². The van der Waals surface area contributed by atoms with Crippen LogP contribution in [0.5, 0.6) is 11.5 Å². The highest BCUT2D eigenvalue weighted by atomic mass is 32.2. The molecule has 142 valence electrons. The number of nitrogens with one attached hydrogen (secondary N) is 1. The number of esters is 1. The van der Waals surface area contributed by atoms with Crippen molar-refractivity contribution in [2.45, 2.75) is 6.42 Å². The Morgan fingerprint density at radius 1 is 1.15 bits per heavy atom. The zero-order valence-electron chi connectivity index (χ0n) is 14.2. The summed E-state index contributed by atoms with van der Waals surface area (Å²) < 4.78 is 62.7. The van der Waals surface area contributed by atoms with Crippen LogP contribution in [0.3, 0.4) is 0 Å². The van der Waals surface area contributed by atoms with Gasteiger partial charge in [0.05, 0.1) is 18.6 Å². The summed E-state index contributed by atoms with van der Waals surface area (Å²) in [7, 11) is -3.63. The second-order valence-corrected chi connectivity index (χ2v) is 7.61. The van der Waals surface area contributed by atoms with E-state index in [1.807, 2.05) is 0 Å². The summed E-state index contributed by atoms with van der Waals surface area (Å²) in [5.74, 6) is -2.43. The maximum absolute atomic E-state index is 13.9. The fourth-order valence-electron chi connectivity index (χ4n) is 2.45. The van der Waals surface area contributed by atoms with Gasteiger partial charge < -0.3 is 9.47 Å². The molecule has 0 aromatic heterocycles. The first-order valence-corrected chi connectivity index (χ1v) is 9.73. The number of ether oxygens (including phenoxy) is 2. The number of hydrogen-bond acceptors (Lipinski definition) is 5. The summed E-state index contributed by atoms with van der Waals surface area (Å²) in [6.07, 6.45) is 2.98. The standard InChI is InChI=1S/C18H15F2NO5S/c1-27(23,24)21-15-4-2-11(8-12-6-7-25-18(12)22)9-17(15)26-16-5-3-13(19)10-14(16)20/h2-5,8-10,21H,6-7H2,1H3. The number of anilines is 1. The van der Waals surface area contributed by atoms with Crippen molar-refractivity contribution in [1.29, 1.82) is 0 Å². The van der Waals surface area contributed by atoms with Crippen molar-refractivity contribution in [2.75, 3.05) is 17.6 Å². The van der Waals surface area contributed by atoms with E-state index >= 15 is 0 Å². The van der Waals surface area contributed by atoms with Gasteiger partial charge in [-0.1, -0.05) is 6.07 Å². The van der Waals surface area contributed by atoms with Crippen LogP contribution in [0.4, 0.5) is 14.5 Å². The monoisotopic (exact) mass is 395 g/mol. The lowest BCUT2D eigenvalue weighted by molar-refractivity contribution is -0.134. The van der Waals surface area contributed by atoms with Gasteiger partial charge in [0.15, 0.2) is 17.3 Å². The third kappa shape index (κ3) is 4.82. The first-order valence-electron chi connectivity index (χ1n) is 7.84. The lowest BCUT2D eigenvalue weighted by atomic mass is 10.1. The molecule has 0 bridgehead atoms. The average Bonchev–Trinajstić information content (AvgIpc) is 2.96. The Kier molecular flexibility index (Phi) is 5.13. The van der Waals surface area contributed by atoms with Gasteiger partial charge in [-0.2, -0.15) is 0 Å². The molecule has 0 unspecified atom stereocenters. The van der Waals surface area contributed by atoms with Crippen LogP contribution in [-0.4, -0.2) is 27.2 Å². The van der Waals surface area contributed by atoms with Gasteiger partial charge in [-0.25, -0.2) is 22.0 Å². The molecule has 1 aliphatic heterocycles. The van der Waals surface area contributed by atoms with Gasteiger partial charge in [0, 0.05) is 18.1 Å². The predicted octanol–water partition coefficient (Wildman–Crippen LogP) is 3.46. The van der Waals surface area contributed by atoms with Gasteiger partial charge in [-0.3, -0.25) is 4.72 Å². The Morgan fingerprint density at radius 3 is 2.56 bits per heavy atom. The lowest BCUT2D eigenvalue weighted by Crippen LogP contribution is -2.10. The van der Waals surface area contributed by atoms with Crippen molar-refractivity contribution in [3.63, 3.8) is 0 Å². The number of rotatable bonds is 5. The zero-order chi connectivity index (χ0) is 19.6. The van der Waals surface area contributed by atoms with Gasteiger partial charge in [-0.15, -0.1) is 0 Å². The minimum atomic E-state index is -3.63. The van der Waals surface area contributed by atoms with Crippen LogP contribution in [0.25, 0.3) is 6.08 Å². The molecule has 0 atom stereocenters. The van der Waals surface area contributed by atoms with Crippen LogP contribution in [0, 0.1) is 11.6 Å². The molecule has 2 aromatic carbocycles. The van der Waals surface area contributed by atoms with E-state index in [0.717, 1.165) is 18.4 Å². The van der Waals surface area contributed by atoms with Crippen LogP contribution in [0.2, 0.25) is 0 Å². The van der Waals surface area contributed by atoms with Crippen molar-refractivity contribution in [1.82, 2.24) is 0 Å². The highest BCUT2D eigenvalue weighted by Crippen LogP contribution is 2.33. The summed E-state index contributed by atoms with van der Waals surface area (Å²) in [5, 5.41) is 0. The summed E-state index contributed by atoms with van der Waals surface area (Å²) in [6.45, 7) is 0.294. The lowest BCUT2D eigenvalue weighted by Gasteiger charge is -2.13.